The van der Waals surface area contributed by atoms with Crippen LogP contribution in [0.15, 0.2) is 60.7 Å². The van der Waals surface area contributed by atoms with E-state index in [1.165, 1.54) is 10.0 Å². The van der Waals surface area contributed by atoms with E-state index in [2.05, 4.69) is 48.5 Å². The van der Waals surface area contributed by atoms with Crippen molar-refractivity contribution < 1.29 is 9.84 Å². The fourth-order valence-electron chi connectivity index (χ4n) is 2.56. The molecule has 0 saturated carbocycles. The van der Waals surface area contributed by atoms with Crippen LogP contribution in [0.1, 0.15) is 11.7 Å². The Morgan fingerprint density at radius 2 is 1.65 bits per heavy atom. The van der Waals surface area contributed by atoms with E-state index < -0.39 is 0 Å². The van der Waals surface area contributed by atoms with Crippen LogP contribution < -0.4 is 4.46 Å². The summed E-state index contributed by atoms with van der Waals surface area (Å²) in [4.78, 5) is 0.400. The number of aliphatic hydroxyl groups excluding tert-OH is 1. The van der Waals surface area contributed by atoms with Gasteiger partial charge in [-0.05, 0) is 0 Å². The van der Waals surface area contributed by atoms with Crippen molar-refractivity contribution in [2.75, 3.05) is 13.2 Å². The summed E-state index contributed by atoms with van der Waals surface area (Å²) >= 11 is 0.311. The molecule has 2 aromatic carbocycles. The van der Waals surface area contributed by atoms with Crippen LogP contribution in [0.25, 0.3) is 0 Å². The number of ether oxygens (including phenoxy) is 1. The van der Waals surface area contributed by atoms with Gasteiger partial charge in [0.2, 0.25) is 0 Å². The quantitative estimate of drug-likeness (QED) is 0.869. The molecule has 2 nitrogen and oxygen atoms in total. The van der Waals surface area contributed by atoms with Crippen LogP contribution in [0.3, 0.4) is 0 Å². The normalized spacial score (nSPS) is 25.8. The van der Waals surface area contributed by atoms with Gasteiger partial charge in [-0.15, -0.1) is 0 Å². The van der Waals surface area contributed by atoms with Crippen LogP contribution >= 0.6 is 0 Å². The summed E-state index contributed by atoms with van der Waals surface area (Å²) in [5.74, 6) is 0.250. The maximum absolute atomic E-state index is 9.61. The second kappa shape index (κ2) is 6.55. The molecule has 1 heterocycles. The molecule has 0 spiro atoms. The van der Waals surface area contributed by atoms with Crippen LogP contribution in [0, 0.1) is 5.92 Å². The van der Waals surface area contributed by atoms with Gasteiger partial charge in [-0.1, -0.05) is 0 Å². The minimum atomic E-state index is 0.119. The minimum absolute atomic E-state index is 0.119. The van der Waals surface area contributed by atoms with E-state index in [0.29, 0.717) is 26.4 Å². The van der Waals surface area contributed by atoms with Gasteiger partial charge in [-0.2, -0.15) is 0 Å². The van der Waals surface area contributed by atoms with Crippen LogP contribution in [-0.2, 0) is 4.74 Å². The van der Waals surface area contributed by atoms with Gasteiger partial charge in [-0.25, -0.2) is 0 Å². The molecule has 3 heteroatoms. The van der Waals surface area contributed by atoms with Crippen molar-refractivity contribution in [3.8, 4) is 0 Å². The molecule has 104 valence electrons. The Hall–Kier alpha value is -1.12. The molecule has 0 radical (unpaired) electrons. The van der Waals surface area contributed by atoms with Crippen molar-refractivity contribution in [1.82, 2.24) is 0 Å². The molecule has 1 aliphatic rings. The number of hydrogen-bond donors (Lipinski definition) is 1. The van der Waals surface area contributed by atoms with E-state index in [4.69, 9.17) is 4.74 Å². The first-order valence-corrected chi connectivity index (χ1v) is 8.72. The van der Waals surface area contributed by atoms with E-state index in [1.807, 2.05) is 12.1 Å². The van der Waals surface area contributed by atoms with Gasteiger partial charge in [0.1, 0.15) is 0 Å². The molecular weight excluding hydrogens is 315 g/mol. The molecule has 3 atom stereocenters. The molecule has 3 rings (SSSR count). The van der Waals surface area contributed by atoms with E-state index in [9.17, 15) is 5.11 Å². The van der Waals surface area contributed by atoms with Gasteiger partial charge in [0.05, 0.1) is 0 Å². The van der Waals surface area contributed by atoms with Gasteiger partial charge in [-0.3, -0.25) is 0 Å². The SMILES string of the molecule is OC[C@@H]1CO[C@@H](c2ccccc2)[C@@H]1[Se]c1ccccc1. The Balaban J connectivity index is 1.83. The van der Waals surface area contributed by atoms with Crippen LogP contribution in [0.5, 0.6) is 0 Å². The van der Waals surface area contributed by atoms with Crippen molar-refractivity contribution in [3.05, 3.63) is 66.2 Å². The summed E-state index contributed by atoms with van der Waals surface area (Å²) in [5, 5.41) is 9.61. The molecule has 1 fully saturated rings. The van der Waals surface area contributed by atoms with E-state index in [1.54, 1.807) is 0 Å². The molecule has 1 N–H and O–H groups in total. The Kier molecular flexibility index (Phi) is 4.54. The van der Waals surface area contributed by atoms with Crippen LogP contribution in [0.4, 0.5) is 0 Å². The molecule has 1 aliphatic heterocycles. The maximum atomic E-state index is 9.61. The Labute approximate surface area is 125 Å². The summed E-state index contributed by atoms with van der Waals surface area (Å²) in [6, 6.07) is 20.9. The second-order valence-corrected chi connectivity index (χ2v) is 7.63. The van der Waals surface area contributed by atoms with Crippen LogP contribution in [-0.4, -0.2) is 33.3 Å². The zero-order valence-electron chi connectivity index (χ0n) is 11.2. The van der Waals surface area contributed by atoms with Gasteiger partial charge in [0, 0.05) is 0 Å². The first-order chi connectivity index (χ1) is 9.88. The van der Waals surface area contributed by atoms with Gasteiger partial charge in [0.15, 0.2) is 0 Å². The molecule has 2 aromatic rings. The van der Waals surface area contributed by atoms with E-state index in [0.717, 1.165) is 0 Å². The van der Waals surface area contributed by atoms with Crippen molar-refractivity contribution in [1.29, 1.82) is 0 Å². The summed E-state index contributed by atoms with van der Waals surface area (Å²) in [6.07, 6.45) is 0.119. The third-order valence-electron chi connectivity index (χ3n) is 3.63. The fraction of sp³-hybridized carbons (Fsp3) is 0.294. The molecule has 0 aromatic heterocycles. The standard InChI is InChI=1S/C17H18O2Se/c18-11-14-12-19-16(13-7-3-1-4-8-13)17(14)20-15-9-5-2-6-10-15/h1-10,14,16-18H,11-12H2/t14-,16+,17-/m1/s1. The fourth-order valence-corrected chi connectivity index (χ4v) is 5.39. The summed E-state index contributed by atoms with van der Waals surface area (Å²) < 4.78 is 7.35. The Bertz CT molecular complexity index is 529. The molecule has 0 amide bonds. The third kappa shape index (κ3) is 2.97. The number of rotatable bonds is 4. The first-order valence-electron chi connectivity index (χ1n) is 6.87. The number of hydrogen-bond acceptors (Lipinski definition) is 2. The van der Waals surface area contributed by atoms with Crippen molar-refractivity contribution >= 4 is 19.4 Å². The number of aliphatic hydroxyl groups is 1. The van der Waals surface area contributed by atoms with Crippen LogP contribution in [0.2, 0.25) is 4.82 Å². The number of benzene rings is 2. The van der Waals surface area contributed by atoms with Gasteiger partial charge in [0.25, 0.3) is 0 Å². The summed E-state index contributed by atoms with van der Waals surface area (Å²) in [5.41, 5.74) is 1.23. The molecular formula is C17H18O2Se. The zero-order valence-corrected chi connectivity index (χ0v) is 12.9. The summed E-state index contributed by atoms with van der Waals surface area (Å²) in [6.45, 7) is 0.873. The van der Waals surface area contributed by atoms with Gasteiger partial charge >= 0.3 is 126 Å². The predicted molar refractivity (Wildman–Crippen MR) is 81.3 cm³/mol. The Morgan fingerprint density at radius 1 is 1.00 bits per heavy atom. The molecule has 20 heavy (non-hydrogen) atoms. The monoisotopic (exact) mass is 334 g/mol. The van der Waals surface area contributed by atoms with E-state index in [-0.39, 0.29) is 18.6 Å². The molecule has 0 unspecified atom stereocenters. The topological polar surface area (TPSA) is 29.5 Å². The average Bonchev–Trinajstić information content (AvgIpc) is 2.92. The van der Waals surface area contributed by atoms with Crippen molar-refractivity contribution in [3.63, 3.8) is 0 Å². The average molecular weight is 333 g/mol. The molecule has 1 saturated heterocycles. The van der Waals surface area contributed by atoms with Crippen molar-refractivity contribution in [2.24, 2.45) is 5.92 Å². The first kappa shape index (κ1) is 13.8. The predicted octanol–water partition coefficient (Wildman–Crippen LogP) is 2.18. The van der Waals surface area contributed by atoms with Gasteiger partial charge < -0.3 is 0 Å². The molecule has 0 bridgehead atoms. The van der Waals surface area contributed by atoms with E-state index >= 15 is 0 Å². The Morgan fingerprint density at radius 3 is 2.30 bits per heavy atom. The zero-order chi connectivity index (χ0) is 13.8. The third-order valence-corrected chi connectivity index (χ3v) is 6.67. The molecule has 0 aliphatic carbocycles. The summed E-state index contributed by atoms with van der Waals surface area (Å²) in [7, 11) is 0. The second-order valence-electron chi connectivity index (χ2n) is 5.00. The van der Waals surface area contributed by atoms with Crippen molar-refractivity contribution in [2.45, 2.75) is 10.9 Å².